The molecular formula is C15H21N3O. The number of hydrogen-bond acceptors (Lipinski definition) is 3. The molecule has 3 atom stereocenters. The highest BCUT2D eigenvalue weighted by Crippen LogP contribution is 2.36. The maximum Gasteiger partial charge on any atom is 0.238 e. The molecule has 0 radical (unpaired) electrons. The lowest BCUT2D eigenvalue weighted by Gasteiger charge is -2.17. The molecule has 0 spiro atoms. The number of nitrogens with two attached hydrogens (primary N) is 1. The number of rotatable bonds is 3. The Labute approximate surface area is 114 Å². The third-order valence-corrected chi connectivity index (χ3v) is 4.41. The van der Waals surface area contributed by atoms with Crippen molar-refractivity contribution in [3.8, 4) is 0 Å². The zero-order valence-electron chi connectivity index (χ0n) is 11.1. The summed E-state index contributed by atoms with van der Waals surface area (Å²) in [7, 11) is 0. The van der Waals surface area contributed by atoms with E-state index in [1.54, 1.807) is 0 Å². The lowest BCUT2D eigenvalue weighted by molar-refractivity contribution is -0.117. The second kappa shape index (κ2) is 5.31. The van der Waals surface area contributed by atoms with Crippen LogP contribution in [0.5, 0.6) is 0 Å². The van der Waals surface area contributed by atoms with E-state index in [-0.39, 0.29) is 5.91 Å². The van der Waals surface area contributed by atoms with Gasteiger partial charge in [0, 0.05) is 24.8 Å². The number of hydrogen-bond donors (Lipinski definition) is 2. The van der Waals surface area contributed by atoms with Crippen LogP contribution in [0.2, 0.25) is 0 Å². The first-order chi connectivity index (χ1) is 9.22. The summed E-state index contributed by atoms with van der Waals surface area (Å²) in [5, 5.41) is 2.93. The standard InChI is InChI=1S/C15H21N3O/c16-14-7-6-11-8-18(9-13(11)14)10-15(19)17-12-4-2-1-3-5-12/h1-5,11,13-14H,6-10,16H2,(H,17,19). The maximum absolute atomic E-state index is 12.0. The first-order valence-electron chi connectivity index (χ1n) is 7.05. The molecule has 1 aromatic carbocycles. The van der Waals surface area contributed by atoms with Gasteiger partial charge >= 0.3 is 0 Å². The molecule has 102 valence electrons. The summed E-state index contributed by atoms with van der Waals surface area (Å²) in [6, 6.07) is 9.95. The smallest absolute Gasteiger partial charge is 0.238 e. The molecule has 3 unspecified atom stereocenters. The van der Waals surface area contributed by atoms with Crippen LogP contribution < -0.4 is 11.1 Å². The predicted molar refractivity (Wildman–Crippen MR) is 75.7 cm³/mol. The first kappa shape index (κ1) is 12.6. The van der Waals surface area contributed by atoms with Crippen LogP contribution in [0.1, 0.15) is 12.8 Å². The molecule has 1 aliphatic heterocycles. The van der Waals surface area contributed by atoms with Crippen LogP contribution in [0, 0.1) is 11.8 Å². The van der Waals surface area contributed by atoms with Crippen LogP contribution in [0.15, 0.2) is 30.3 Å². The summed E-state index contributed by atoms with van der Waals surface area (Å²) < 4.78 is 0. The van der Waals surface area contributed by atoms with Gasteiger partial charge in [0.25, 0.3) is 0 Å². The van der Waals surface area contributed by atoms with E-state index in [0.29, 0.717) is 24.4 Å². The van der Waals surface area contributed by atoms with Gasteiger partial charge in [-0.2, -0.15) is 0 Å². The van der Waals surface area contributed by atoms with Crippen LogP contribution in [0.4, 0.5) is 5.69 Å². The Morgan fingerprint density at radius 3 is 2.79 bits per heavy atom. The summed E-state index contributed by atoms with van der Waals surface area (Å²) in [5.74, 6) is 1.38. The van der Waals surface area contributed by atoms with Crippen LogP contribution in [-0.2, 0) is 4.79 Å². The molecule has 3 N–H and O–H groups in total. The second-order valence-corrected chi connectivity index (χ2v) is 5.77. The number of benzene rings is 1. The van der Waals surface area contributed by atoms with Crippen molar-refractivity contribution in [1.82, 2.24) is 4.90 Å². The number of fused-ring (bicyclic) bond motifs is 1. The monoisotopic (exact) mass is 259 g/mol. The van der Waals surface area contributed by atoms with Gasteiger partial charge < -0.3 is 11.1 Å². The van der Waals surface area contributed by atoms with E-state index in [0.717, 1.165) is 25.2 Å². The highest BCUT2D eigenvalue weighted by Gasteiger charge is 2.41. The molecule has 1 aromatic rings. The van der Waals surface area contributed by atoms with Gasteiger partial charge in [-0.1, -0.05) is 18.2 Å². The van der Waals surface area contributed by atoms with Crippen molar-refractivity contribution in [1.29, 1.82) is 0 Å². The summed E-state index contributed by atoms with van der Waals surface area (Å²) in [5.41, 5.74) is 6.97. The summed E-state index contributed by atoms with van der Waals surface area (Å²) in [6.07, 6.45) is 2.38. The Hall–Kier alpha value is -1.39. The van der Waals surface area contributed by atoms with E-state index in [1.807, 2.05) is 30.3 Å². The minimum absolute atomic E-state index is 0.0692. The van der Waals surface area contributed by atoms with E-state index in [4.69, 9.17) is 5.73 Å². The molecule has 1 saturated carbocycles. The number of para-hydroxylation sites is 1. The van der Waals surface area contributed by atoms with E-state index in [1.165, 1.54) is 6.42 Å². The van der Waals surface area contributed by atoms with Gasteiger partial charge in [0.2, 0.25) is 5.91 Å². The average molecular weight is 259 g/mol. The van der Waals surface area contributed by atoms with Crippen molar-refractivity contribution in [2.24, 2.45) is 17.6 Å². The van der Waals surface area contributed by atoms with Gasteiger partial charge in [0.15, 0.2) is 0 Å². The summed E-state index contributed by atoms with van der Waals surface area (Å²) in [4.78, 5) is 14.2. The molecule has 2 aliphatic rings. The molecule has 2 fully saturated rings. The number of likely N-dealkylation sites (tertiary alicyclic amines) is 1. The molecule has 3 rings (SSSR count). The summed E-state index contributed by atoms with van der Waals surface area (Å²) in [6.45, 7) is 2.49. The first-order valence-corrected chi connectivity index (χ1v) is 7.05. The van der Waals surface area contributed by atoms with Crippen molar-refractivity contribution in [3.05, 3.63) is 30.3 Å². The molecule has 0 bridgehead atoms. The van der Waals surface area contributed by atoms with Gasteiger partial charge in [0.05, 0.1) is 6.54 Å². The maximum atomic E-state index is 12.0. The normalized spacial score (nSPS) is 30.3. The molecule has 1 saturated heterocycles. The van der Waals surface area contributed by atoms with Crippen LogP contribution in [0.3, 0.4) is 0 Å². The largest absolute Gasteiger partial charge is 0.327 e. The zero-order chi connectivity index (χ0) is 13.2. The Kier molecular flexibility index (Phi) is 3.53. The average Bonchev–Trinajstić information content (AvgIpc) is 2.93. The van der Waals surface area contributed by atoms with Crippen molar-refractivity contribution in [3.63, 3.8) is 0 Å². The summed E-state index contributed by atoms with van der Waals surface area (Å²) >= 11 is 0. The van der Waals surface area contributed by atoms with Gasteiger partial charge in [-0.15, -0.1) is 0 Å². The number of carbonyl (C=O) groups is 1. The van der Waals surface area contributed by atoms with E-state index >= 15 is 0 Å². The minimum atomic E-state index is 0.0692. The number of nitrogens with zero attached hydrogens (tertiary/aromatic N) is 1. The van der Waals surface area contributed by atoms with Crippen LogP contribution >= 0.6 is 0 Å². The Balaban J connectivity index is 1.51. The second-order valence-electron chi connectivity index (χ2n) is 5.77. The molecule has 1 aliphatic carbocycles. The van der Waals surface area contributed by atoms with E-state index in [9.17, 15) is 4.79 Å². The molecule has 4 heteroatoms. The number of anilines is 1. The van der Waals surface area contributed by atoms with Gasteiger partial charge in [-0.3, -0.25) is 9.69 Å². The van der Waals surface area contributed by atoms with Crippen LogP contribution in [0.25, 0.3) is 0 Å². The topological polar surface area (TPSA) is 58.4 Å². The zero-order valence-corrected chi connectivity index (χ0v) is 11.1. The molecular weight excluding hydrogens is 238 g/mol. The van der Waals surface area contributed by atoms with Crippen molar-refractivity contribution in [2.45, 2.75) is 18.9 Å². The predicted octanol–water partition coefficient (Wildman–Crippen LogP) is 1.29. The Bertz CT molecular complexity index is 448. The molecule has 19 heavy (non-hydrogen) atoms. The molecule has 4 nitrogen and oxygen atoms in total. The minimum Gasteiger partial charge on any atom is -0.327 e. The molecule has 0 aromatic heterocycles. The Morgan fingerprint density at radius 2 is 2.05 bits per heavy atom. The third kappa shape index (κ3) is 2.80. The van der Waals surface area contributed by atoms with Crippen molar-refractivity contribution >= 4 is 11.6 Å². The quantitative estimate of drug-likeness (QED) is 0.860. The lowest BCUT2D eigenvalue weighted by Crippen LogP contribution is -2.34. The van der Waals surface area contributed by atoms with Gasteiger partial charge in [-0.25, -0.2) is 0 Å². The fraction of sp³-hybridized carbons (Fsp3) is 0.533. The molecule has 1 amide bonds. The fourth-order valence-corrected chi connectivity index (χ4v) is 3.45. The van der Waals surface area contributed by atoms with Crippen molar-refractivity contribution in [2.75, 3.05) is 25.0 Å². The third-order valence-electron chi connectivity index (χ3n) is 4.41. The lowest BCUT2D eigenvalue weighted by atomic mass is 9.98. The van der Waals surface area contributed by atoms with Crippen molar-refractivity contribution < 1.29 is 4.79 Å². The number of carbonyl (C=O) groups excluding carboxylic acids is 1. The van der Waals surface area contributed by atoms with Gasteiger partial charge in [0.1, 0.15) is 0 Å². The van der Waals surface area contributed by atoms with E-state index < -0.39 is 0 Å². The fourth-order valence-electron chi connectivity index (χ4n) is 3.45. The number of nitrogens with one attached hydrogen (secondary N) is 1. The van der Waals surface area contributed by atoms with Crippen LogP contribution in [-0.4, -0.2) is 36.5 Å². The van der Waals surface area contributed by atoms with Gasteiger partial charge in [-0.05, 0) is 36.8 Å². The highest BCUT2D eigenvalue weighted by molar-refractivity contribution is 5.92. The highest BCUT2D eigenvalue weighted by atomic mass is 16.2. The Morgan fingerprint density at radius 1 is 1.26 bits per heavy atom. The number of amides is 1. The SMILES string of the molecule is NC1CCC2CN(CC(=O)Nc3ccccc3)CC12. The van der Waals surface area contributed by atoms with E-state index in [2.05, 4.69) is 10.2 Å². The molecule has 1 heterocycles.